The molecule has 0 aliphatic carbocycles. The lowest BCUT2D eigenvalue weighted by Gasteiger charge is -2.25. The maximum absolute atomic E-state index is 13.4. The van der Waals surface area contributed by atoms with E-state index in [1.54, 1.807) is 12.1 Å². The van der Waals surface area contributed by atoms with Gasteiger partial charge in [0, 0.05) is 49.0 Å². The molecule has 2 aromatic heterocycles. The Morgan fingerprint density at radius 3 is 2.47 bits per heavy atom. The van der Waals surface area contributed by atoms with Gasteiger partial charge < -0.3 is 4.74 Å². The van der Waals surface area contributed by atoms with E-state index in [1.165, 1.54) is 39.9 Å². The fourth-order valence-electron chi connectivity index (χ4n) is 4.09. The van der Waals surface area contributed by atoms with Crippen molar-refractivity contribution in [1.29, 1.82) is 0 Å². The summed E-state index contributed by atoms with van der Waals surface area (Å²) < 4.78 is 62.5. The van der Waals surface area contributed by atoms with E-state index in [2.05, 4.69) is 4.98 Å². The highest BCUT2D eigenvalue weighted by atomic mass is 32.2. The number of rotatable bonds is 8. The fraction of sp³-hybridized carbons (Fsp3) is 0.292. The first-order chi connectivity index (χ1) is 16.4. The minimum atomic E-state index is -3.82. The summed E-state index contributed by atoms with van der Waals surface area (Å²) >= 11 is 1.47. The predicted octanol–water partition coefficient (Wildman–Crippen LogP) is 4.75. The molecule has 6 nitrogen and oxygen atoms in total. The van der Waals surface area contributed by atoms with Crippen LogP contribution in [0.25, 0.3) is 16.2 Å². The monoisotopic (exact) mass is 503 g/mol. The second-order valence-electron chi connectivity index (χ2n) is 8.21. The van der Waals surface area contributed by atoms with Gasteiger partial charge >= 0.3 is 0 Å². The second-order valence-corrected chi connectivity index (χ2v) is 11.0. The molecule has 10 heteroatoms. The van der Waals surface area contributed by atoms with Gasteiger partial charge in [-0.15, -0.1) is 11.3 Å². The molecule has 1 fully saturated rings. The lowest BCUT2D eigenvalue weighted by molar-refractivity contribution is 0.0939. The summed E-state index contributed by atoms with van der Waals surface area (Å²) in [6.45, 7) is 1.12. The molecule has 5 rings (SSSR count). The quantitative estimate of drug-likeness (QED) is 0.348. The predicted molar refractivity (Wildman–Crippen MR) is 126 cm³/mol. The summed E-state index contributed by atoms with van der Waals surface area (Å²) in [5.74, 6) is -0.790. The zero-order valence-corrected chi connectivity index (χ0v) is 19.9. The molecule has 1 aliphatic heterocycles. The van der Waals surface area contributed by atoms with E-state index in [1.807, 2.05) is 16.0 Å². The summed E-state index contributed by atoms with van der Waals surface area (Å²) in [5.41, 5.74) is 2.46. The van der Waals surface area contributed by atoms with Gasteiger partial charge in [-0.2, -0.15) is 4.31 Å². The van der Waals surface area contributed by atoms with Gasteiger partial charge in [0.1, 0.15) is 11.6 Å². The Kier molecular flexibility index (Phi) is 6.48. The standard InChI is InChI=1S/C24H23F2N3O3S2/c25-18-5-3-17(4-6-18)23-15-29-20(16-33-24(29)27-23)11-12-28(14-21-2-1-13-32-21)34(30,31)22-9-7-19(26)8-10-22/h3-10,15-16,21H,1-2,11-14H2. The maximum Gasteiger partial charge on any atom is 0.243 e. The number of hydrogen-bond acceptors (Lipinski definition) is 5. The average molecular weight is 504 g/mol. The van der Waals surface area contributed by atoms with Crippen LogP contribution in [0.4, 0.5) is 8.78 Å². The highest BCUT2D eigenvalue weighted by Crippen LogP contribution is 2.26. The molecule has 0 spiro atoms. The number of aromatic nitrogens is 2. The molecule has 0 radical (unpaired) electrons. The van der Waals surface area contributed by atoms with Crippen molar-refractivity contribution in [2.24, 2.45) is 0 Å². The first-order valence-corrected chi connectivity index (χ1v) is 13.3. The number of benzene rings is 2. The van der Waals surface area contributed by atoms with Crippen molar-refractivity contribution in [3.05, 3.63) is 77.4 Å². The Bertz CT molecular complexity index is 1380. The van der Waals surface area contributed by atoms with Crippen LogP contribution in [-0.2, 0) is 21.2 Å². The molecular weight excluding hydrogens is 480 g/mol. The number of imidazole rings is 1. The van der Waals surface area contributed by atoms with Crippen LogP contribution in [0.2, 0.25) is 0 Å². The summed E-state index contributed by atoms with van der Waals surface area (Å²) in [7, 11) is -3.82. The van der Waals surface area contributed by atoms with Crippen molar-refractivity contribution in [1.82, 2.24) is 13.7 Å². The average Bonchev–Trinajstić information content (AvgIpc) is 3.56. The number of ether oxygens (including phenoxy) is 1. The van der Waals surface area contributed by atoms with Crippen LogP contribution in [0.3, 0.4) is 0 Å². The number of thiazole rings is 1. The number of hydrogen-bond donors (Lipinski definition) is 0. The van der Waals surface area contributed by atoms with E-state index in [4.69, 9.17) is 4.74 Å². The van der Waals surface area contributed by atoms with Crippen molar-refractivity contribution >= 4 is 26.3 Å². The van der Waals surface area contributed by atoms with Crippen LogP contribution < -0.4 is 0 Å². The van der Waals surface area contributed by atoms with Gasteiger partial charge in [-0.3, -0.25) is 4.40 Å². The number of halogens is 2. The Labute approximate surface area is 200 Å². The molecule has 2 aromatic carbocycles. The number of nitrogens with zero attached hydrogens (tertiary/aromatic N) is 3. The molecule has 34 heavy (non-hydrogen) atoms. The van der Waals surface area contributed by atoms with Gasteiger partial charge in [0.15, 0.2) is 4.96 Å². The molecule has 3 heterocycles. The van der Waals surface area contributed by atoms with E-state index >= 15 is 0 Å². The molecule has 4 aromatic rings. The van der Waals surface area contributed by atoms with Gasteiger partial charge in [-0.05, 0) is 61.4 Å². The van der Waals surface area contributed by atoms with Crippen molar-refractivity contribution in [2.45, 2.75) is 30.3 Å². The Morgan fingerprint density at radius 1 is 1.09 bits per heavy atom. The molecular formula is C24H23F2N3O3S2. The normalized spacial score (nSPS) is 16.6. The third-order valence-electron chi connectivity index (χ3n) is 5.92. The van der Waals surface area contributed by atoms with E-state index in [0.717, 1.165) is 46.9 Å². The van der Waals surface area contributed by atoms with Crippen LogP contribution in [0.5, 0.6) is 0 Å². The molecule has 0 bridgehead atoms. The summed E-state index contributed by atoms with van der Waals surface area (Å²) in [5, 5.41) is 1.96. The van der Waals surface area contributed by atoms with E-state index in [-0.39, 0.29) is 29.9 Å². The van der Waals surface area contributed by atoms with Crippen LogP contribution >= 0.6 is 11.3 Å². The Hall–Kier alpha value is -2.66. The Morgan fingerprint density at radius 2 is 1.79 bits per heavy atom. The SMILES string of the molecule is O=S(=O)(c1ccc(F)cc1)N(CCc1csc2nc(-c3ccc(F)cc3)cn12)CC1CCCO1. The topological polar surface area (TPSA) is 63.9 Å². The van der Waals surface area contributed by atoms with Gasteiger partial charge in [-0.1, -0.05) is 0 Å². The molecule has 0 amide bonds. The Balaban J connectivity index is 1.39. The van der Waals surface area contributed by atoms with E-state index < -0.39 is 15.8 Å². The maximum atomic E-state index is 13.4. The minimum absolute atomic E-state index is 0.0589. The molecule has 178 valence electrons. The third kappa shape index (κ3) is 4.76. The smallest absolute Gasteiger partial charge is 0.243 e. The zero-order valence-electron chi connectivity index (χ0n) is 18.2. The summed E-state index contributed by atoms with van der Waals surface area (Å²) in [6.07, 6.45) is 3.90. The van der Waals surface area contributed by atoms with Crippen LogP contribution in [0, 0.1) is 11.6 Å². The summed E-state index contributed by atoms with van der Waals surface area (Å²) in [6, 6.07) is 11.0. The largest absolute Gasteiger partial charge is 0.377 e. The van der Waals surface area contributed by atoms with Crippen LogP contribution in [0.15, 0.2) is 65.0 Å². The molecule has 0 N–H and O–H groups in total. The van der Waals surface area contributed by atoms with Gasteiger partial charge in [0.2, 0.25) is 10.0 Å². The van der Waals surface area contributed by atoms with E-state index in [9.17, 15) is 17.2 Å². The first kappa shape index (κ1) is 23.1. The zero-order chi connectivity index (χ0) is 23.7. The van der Waals surface area contributed by atoms with Gasteiger partial charge in [0.05, 0.1) is 16.7 Å². The van der Waals surface area contributed by atoms with Crippen molar-refractivity contribution < 1.29 is 21.9 Å². The number of sulfonamides is 1. The number of fused-ring (bicyclic) bond motifs is 1. The first-order valence-electron chi connectivity index (χ1n) is 11.0. The third-order valence-corrected chi connectivity index (χ3v) is 8.69. The molecule has 1 unspecified atom stereocenters. The van der Waals surface area contributed by atoms with Crippen molar-refractivity contribution in [3.63, 3.8) is 0 Å². The van der Waals surface area contributed by atoms with Crippen molar-refractivity contribution in [3.8, 4) is 11.3 Å². The minimum Gasteiger partial charge on any atom is -0.377 e. The second kappa shape index (κ2) is 9.53. The van der Waals surface area contributed by atoms with Crippen LogP contribution in [0.1, 0.15) is 18.5 Å². The molecule has 1 saturated heterocycles. The van der Waals surface area contributed by atoms with Gasteiger partial charge in [-0.25, -0.2) is 22.2 Å². The van der Waals surface area contributed by atoms with E-state index in [0.29, 0.717) is 13.0 Å². The lowest BCUT2D eigenvalue weighted by atomic mass is 10.2. The molecule has 1 atom stereocenters. The van der Waals surface area contributed by atoms with Gasteiger partial charge in [0.25, 0.3) is 0 Å². The summed E-state index contributed by atoms with van der Waals surface area (Å²) in [4.78, 5) is 5.46. The van der Waals surface area contributed by atoms with Crippen LogP contribution in [-0.4, -0.2) is 47.9 Å². The lowest BCUT2D eigenvalue weighted by Crippen LogP contribution is -2.38. The highest BCUT2D eigenvalue weighted by Gasteiger charge is 2.29. The fourth-order valence-corrected chi connectivity index (χ4v) is 6.47. The highest BCUT2D eigenvalue weighted by molar-refractivity contribution is 7.89. The molecule has 0 saturated carbocycles. The molecule has 1 aliphatic rings. The van der Waals surface area contributed by atoms with Crippen molar-refractivity contribution in [2.75, 3.05) is 19.7 Å².